The molecule has 170 valence electrons. The molecule has 2 N–H and O–H groups in total. The number of piperidine rings is 1. The van der Waals surface area contributed by atoms with Crippen LogP contribution in [0.2, 0.25) is 5.02 Å². The summed E-state index contributed by atoms with van der Waals surface area (Å²) >= 11 is 5.96. The number of halogens is 1. The van der Waals surface area contributed by atoms with E-state index in [0.29, 0.717) is 19.1 Å². The van der Waals surface area contributed by atoms with Gasteiger partial charge in [-0.3, -0.25) is 4.90 Å². The third kappa shape index (κ3) is 6.58. The van der Waals surface area contributed by atoms with Crippen molar-refractivity contribution in [1.29, 1.82) is 0 Å². The molecule has 33 heavy (non-hydrogen) atoms. The van der Waals surface area contributed by atoms with Gasteiger partial charge in [0.05, 0.1) is 0 Å². The number of aryl methyl sites for hydroxylation is 1. The Kier molecular flexibility index (Phi) is 8.01. The van der Waals surface area contributed by atoms with Gasteiger partial charge in [-0.15, -0.1) is 0 Å². The zero-order valence-corrected chi connectivity index (χ0v) is 19.7. The Morgan fingerprint density at radius 1 is 1.03 bits per heavy atom. The van der Waals surface area contributed by atoms with E-state index in [1.807, 2.05) is 54.7 Å². The Bertz CT molecular complexity index is 1110. The molecule has 4 rings (SSSR count). The molecule has 2 aromatic carbocycles. The SMILES string of the molecule is Cc1cc(C#Cc2ccc(-c3ccc(Cl)cc3)cn2)ccc1OCCN1CCC(C[OH2+])CC1. The first-order chi connectivity index (χ1) is 16.1. The lowest BCUT2D eigenvalue weighted by Crippen LogP contribution is -2.37. The topological polar surface area (TPSA) is 48.3 Å². The van der Waals surface area contributed by atoms with E-state index in [2.05, 4.69) is 34.7 Å². The largest absolute Gasteiger partial charge is 0.492 e. The fraction of sp³-hybridized carbons (Fsp3) is 0.321. The number of aromatic nitrogens is 1. The lowest BCUT2D eigenvalue weighted by molar-refractivity contribution is 0.118. The van der Waals surface area contributed by atoms with Crippen LogP contribution in [0.25, 0.3) is 11.1 Å². The molecule has 2 heterocycles. The highest BCUT2D eigenvalue weighted by molar-refractivity contribution is 6.30. The Balaban J connectivity index is 1.31. The lowest BCUT2D eigenvalue weighted by Gasteiger charge is -2.29. The molecule has 5 heteroatoms. The first-order valence-corrected chi connectivity index (χ1v) is 11.8. The highest BCUT2D eigenvalue weighted by atomic mass is 35.5. The number of ether oxygens (including phenoxy) is 1. The molecule has 0 unspecified atom stereocenters. The fourth-order valence-electron chi connectivity index (χ4n) is 4.01. The van der Waals surface area contributed by atoms with Crippen molar-refractivity contribution in [1.82, 2.24) is 9.88 Å². The average Bonchev–Trinajstić information content (AvgIpc) is 2.85. The molecule has 4 nitrogen and oxygen atoms in total. The van der Waals surface area contributed by atoms with Gasteiger partial charge in [-0.25, -0.2) is 4.98 Å². The predicted octanol–water partition coefficient (Wildman–Crippen LogP) is 4.93. The third-order valence-electron chi connectivity index (χ3n) is 6.11. The molecule has 0 saturated carbocycles. The molecule has 0 atom stereocenters. The van der Waals surface area contributed by atoms with Gasteiger partial charge in [-0.1, -0.05) is 35.7 Å². The quantitative estimate of drug-likeness (QED) is 0.386. The summed E-state index contributed by atoms with van der Waals surface area (Å²) in [4.78, 5) is 6.92. The maximum Gasteiger partial charge on any atom is 0.146 e. The van der Waals surface area contributed by atoms with Gasteiger partial charge < -0.3 is 9.84 Å². The zero-order valence-electron chi connectivity index (χ0n) is 19.0. The van der Waals surface area contributed by atoms with Gasteiger partial charge in [0.1, 0.15) is 24.7 Å². The number of pyridine rings is 1. The van der Waals surface area contributed by atoms with Crippen molar-refractivity contribution in [2.24, 2.45) is 5.92 Å². The number of nitrogens with zero attached hydrogens (tertiary/aromatic N) is 2. The summed E-state index contributed by atoms with van der Waals surface area (Å²) in [7, 11) is 0. The lowest BCUT2D eigenvalue weighted by atomic mass is 9.98. The fourth-order valence-corrected chi connectivity index (χ4v) is 4.13. The maximum absolute atomic E-state index is 7.52. The van der Waals surface area contributed by atoms with Crippen LogP contribution >= 0.6 is 11.6 Å². The molecule has 0 amide bonds. The van der Waals surface area contributed by atoms with Crippen LogP contribution in [0.5, 0.6) is 5.75 Å². The number of benzene rings is 2. The van der Waals surface area contributed by atoms with E-state index < -0.39 is 0 Å². The van der Waals surface area contributed by atoms with Crippen LogP contribution in [0, 0.1) is 24.7 Å². The van der Waals surface area contributed by atoms with Gasteiger partial charge in [-0.05, 0) is 86.3 Å². The smallest absolute Gasteiger partial charge is 0.146 e. The summed E-state index contributed by atoms with van der Waals surface area (Å²) in [6.07, 6.45) is 4.11. The maximum atomic E-state index is 7.52. The minimum absolute atomic E-state index is 0.559. The normalized spacial score (nSPS) is 14.5. The molecule has 0 bridgehead atoms. The van der Waals surface area contributed by atoms with Gasteiger partial charge in [-0.2, -0.15) is 0 Å². The standard InChI is InChI=1S/C28H29ClN2O2/c1-21-18-22(3-11-28(21)33-17-16-31-14-12-23(20-32)13-15-31)2-9-27-10-6-25(19-30-27)24-4-7-26(29)8-5-24/h3-8,10-11,18-19,23,32H,12-17,20H2,1H3/p+1. The van der Waals surface area contributed by atoms with E-state index in [-0.39, 0.29) is 0 Å². The van der Waals surface area contributed by atoms with E-state index in [1.165, 1.54) is 0 Å². The van der Waals surface area contributed by atoms with E-state index in [9.17, 15) is 0 Å². The van der Waals surface area contributed by atoms with Gasteiger partial charge in [0, 0.05) is 34.8 Å². The van der Waals surface area contributed by atoms with Crippen molar-refractivity contribution in [2.75, 3.05) is 32.8 Å². The summed E-state index contributed by atoms with van der Waals surface area (Å²) in [5, 5.41) is 8.24. The van der Waals surface area contributed by atoms with Crippen molar-refractivity contribution in [3.05, 3.63) is 82.6 Å². The summed E-state index contributed by atoms with van der Waals surface area (Å²) in [5.41, 5.74) is 4.88. The van der Waals surface area contributed by atoms with E-state index in [4.69, 9.17) is 21.4 Å². The first-order valence-electron chi connectivity index (χ1n) is 11.4. The van der Waals surface area contributed by atoms with Crippen LogP contribution in [0.15, 0.2) is 60.8 Å². The van der Waals surface area contributed by atoms with Crippen molar-refractivity contribution < 1.29 is 9.84 Å². The van der Waals surface area contributed by atoms with Crippen LogP contribution < -0.4 is 4.74 Å². The highest BCUT2D eigenvalue weighted by Gasteiger charge is 2.19. The van der Waals surface area contributed by atoms with Crippen molar-refractivity contribution in [2.45, 2.75) is 19.8 Å². The molecule has 0 radical (unpaired) electrons. The Morgan fingerprint density at radius 2 is 1.79 bits per heavy atom. The minimum atomic E-state index is 0.559. The number of hydrogen-bond donors (Lipinski definition) is 0. The summed E-state index contributed by atoms with van der Waals surface area (Å²) in [6, 6.07) is 17.7. The molecule has 1 aliphatic heterocycles. The molecule has 0 spiro atoms. The summed E-state index contributed by atoms with van der Waals surface area (Å²) < 4.78 is 6.03. The van der Waals surface area contributed by atoms with Crippen molar-refractivity contribution in [3.63, 3.8) is 0 Å². The summed E-state index contributed by atoms with van der Waals surface area (Å²) in [5.74, 6) is 7.84. The number of hydrogen-bond acceptors (Lipinski definition) is 3. The number of rotatable bonds is 6. The van der Waals surface area contributed by atoms with Crippen LogP contribution in [0.1, 0.15) is 29.7 Å². The third-order valence-corrected chi connectivity index (χ3v) is 6.36. The van der Waals surface area contributed by atoms with E-state index in [0.717, 1.165) is 71.2 Å². The van der Waals surface area contributed by atoms with E-state index >= 15 is 0 Å². The second-order valence-corrected chi connectivity index (χ2v) is 8.94. The first kappa shape index (κ1) is 23.3. The molecule has 0 aliphatic carbocycles. The molecular formula is C28H30ClN2O2+. The van der Waals surface area contributed by atoms with Crippen molar-refractivity contribution in [3.8, 4) is 28.7 Å². The van der Waals surface area contributed by atoms with Crippen LogP contribution in [0.3, 0.4) is 0 Å². The summed E-state index contributed by atoms with van der Waals surface area (Å²) in [6.45, 7) is 6.39. The van der Waals surface area contributed by atoms with Crippen LogP contribution in [-0.4, -0.2) is 47.8 Å². The minimum Gasteiger partial charge on any atom is -0.492 e. The second-order valence-electron chi connectivity index (χ2n) is 8.51. The highest BCUT2D eigenvalue weighted by Crippen LogP contribution is 2.22. The second kappa shape index (κ2) is 11.3. The number of likely N-dealkylation sites (tertiary alicyclic amines) is 1. The van der Waals surface area contributed by atoms with Crippen molar-refractivity contribution >= 4 is 11.6 Å². The molecule has 1 fully saturated rings. The molecule has 1 aliphatic rings. The predicted molar refractivity (Wildman–Crippen MR) is 135 cm³/mol. The Labute approximate surface area is 201 Å². The van der Waals surface area contributed by atoms with Crippen LogP contribution in [-0.2, 0) is 0 Å². The Morgan fingerprint density at radius 3 is 2.45 bits per heavy atom. The zero-order chi connectivity index (χ0) is 23.0. The van der Waals surface area contributed by atoms with Gasteiger partial charge in [0.25, 0.3) is 0 Å². The average molecular weight is 462 g/mol. The van der Waals surface area contributed by atoms with E-state index in [1.54, 1.807) is 0 Å². The van der Waals surface area contributed by atoms with Gasteiger partial charge >= 0.3 is 0 Å². The monoisotopic (exact) mass is 461 g/mol. The Hall–Kier alpha value is -2.84. The van der Waals surface area contributed by atoms with Gasteiger partial charge in [0.2, 0.25) is 0 Å². The molecular weight excluding hydrogens is 432 g/mol. The van der Waals surface area contributed by atoms with Gasteiger partial charge in [0.15, 0.2) is 0 Å². The molecule has 1 saturated heterocycles. The molecule has 1 aromatic heterocycles. The molecule has 3 aromatic rings. The van der Waals surface area contributed by atoms with Crippen LogP contribution in [0.4, 0.5) is 0 Å².